The Morgan fingerprint density at radius 2 is 0.837 bits per heavy atom. The molecule has 0 saturated carbocycles. The number of aliphatic hydroxyl groups is 1. The van der Waals surface area contributed by atoms with Crippen LogP contribution < -0.4 is 10.1 Å². The van der Waals surface area contributed by atoms with Crippen LogP contribution in [0.5, 0.6) is 5.75 Å². The van der Waals surface area contributed by atoms with Gasteiger partial charge in [0, 0.05) is 48.6 Å². The number of fused-ring (bicyclic) bond motifs is 3. The second kappa shape index (κ2) is 29.6. The number of carbonyl (C=O) groups excluding carboxylic acids is 8. The highest BCUT2D eigenvalue weighted by molar-refractivity contribution is 6.22. The molecule has 0 aliphatic carbocycles. The summed E-state index contributed by atoms with van der Waals surface area (Å²) in [6.07, 6.45) is 11.5. The van der Waals surface area contributed by atoms with Crippen molar-refractivity contribution in [1.82, 2.24) is 19.3 Å². The van der Waals surface area contributed by atoms with Crippen LogP contribution >= 0.6 is 0 Å². The van der Waals surface area contributed by atoms with Crippen LogP contribution in [0.3, 0.4) is 0 Å². The van der Waals surface area contributed by atoms with E-state index < -0.39 is 11.5 Å². The molecular formula is C77H73N5O10. The maximum atomic E-state index is 15.1. The SMILES string of the molecule is O=Cc1cc(C(=O)Nc2cc(CCCCCCN3C(=O)c4ccccc4C3=O)c(OCCCCCCCN3C(=O)c4ccccc4C3=O)c(CCCCCCN3C(=O)c4ccccc4C3=O)c2)n(Cc2ccccc2)c1C#CC(O)(c1ccccc1)c1ccccc1. The fourth-order valence-electron chi connectivity index (χ4n) is 12.6. The number of ether oxygens (including phenoxy) is 1. The van der Waals surface area contributed by atoms with Gasteiger partial charge in [0.15, 0.2) is 11.9 Å². The van der Waals surface area contributed by atoms with Gasteiger partial charge in [-0.15, -0.1) is 0 Å². The minimum atomic E-state index is -1.78. The number of anilines is 1. The van der Waals surface area contributed by atoms with Gasteiger partial charge in [0.25, 0.3) is 41.4 Å². The number of hydrogen-bond acceptors (Lipinski definition) is 10. The lowest BCUT2D eigenvalue weighted by atomic mass is 9.87. The molecule has 15 heteroatoms. The van der Waals surface area contributed by atoms with E-state index in [0.717, 1.165) is 86.6 Å². The first-order valence-electron chi connectivity index (χ1n) is 32.0. The Labute approximate surface area is 536 Å². The van der Waals surface area contributed by atoms with E-state index in [1.165, 1.54) is 20.8 Å². The molecular weight excluding hydrogens is 1150 g/mol. The van der Waals surface area contributed by atoms with Gasteiger partial charge < -0.3 is 19.7 Å². The van der Waals surface area contributed by atoms with Crippen molar-refractivity contribution < 1.29 is 48.2 Å². The van der Waals surface area contributed by atoms with E-state index in [2.05, 4.69) is 17.2 Å². The lowest BCUT2D eigenvalue weighted by Gasteiger charge is -2.23. The van der Waals surface area contributed by atoms with Crippen molar-refractivity contribution in [3.8, 4) is 17.6 Å². The van der Waals surface area contributed by atoms with E-state index in [-0.39, 0.29) is 58.9 Å². The first kappa shape index (κ1) is 63.3. The molecule has 3 aliphatic heterocycles. The van der Waals surface area contributed by atoms with Crippen LogP contribution in [0.2, 0.25) is 0 Å². The van der Waals surface area contributed by atoms with Crippen LogP contribution in [0.1, 0.15) is 200 Å². The summed E-state index contributed by atoms with van der Waals surface area (Å²) in [4.78, 5) is 111. The Kier molecular flexibility index (Phi) is 20.3. The average molecular weight is 1230 g/mol. The second-order valence-electron chi connectivity index (χ2n) is 23.7. The predicted octanol–water partition coefficient (Wildman–Crippen LogP) is 13.3. The molecule has 7 aromatic carbocycles. The number of imide groups is 3. The van der Waals surface area contributed by atoms with Crippen LogP contribution in [-0.4, -0.2) is 98.3 Å². The molecule has 15 nitrogen and oxygen atoms in total. The fraction of sp³-hybridized carbons (Fsp3) is 0.273. The fourth-order valence-corrected chi connectivity index (χ4v) is 12.6. The summed E-state index contributed by atoms with van der Waals surface area (Å²) in [5.41, 5.74) is 5.56. The van der Waals surface area contributed by atoms with E-state index in [9.17, 15) is 38.7 Å². The Morgan fingerprint density at radius 3 is 1.25 bits per heavy atom. The van der Waals surface area contributed by atoms with Crippen LogP contribution in [0.25, 0.3) is 0 Å². The number of benzene rings is 7. The molecule has 7 amide bonds. The van der Waals surface area contributed by atoms with Gasteiger partial charge in [0.1, 0.15) is 17.1 Å². The van der Waals surface area contributed by atoms with Crippen LogP contribution in [0.4, 0.5) is 5.69 Å². The van der Waals surface area contributed by atoms with Crippen LogP contribution in [-0.2, 0) is 25.0 Å². The molecule has 3 aliphatic rings. The number of hydrogen-bond donors (Lipinski definition) is 2. The van der Waals surface area contributed by atoms with Crippen LogP contribution in [0, 0.1) is 11.8 Å². The van der Waals surface area contributed by atoms with Gasteiger partial charge in [-0.3, -0.25) is 53.1 Å². The predicted molar refractivity (Wildman–Crippen MR) is 351 cm³/mol. The Morgan fingerprint density at radius 1 is 0.467 bits per heavy atom. The van der Waals surface area contributed by atoms with Crippen molar-refractivity contribution >= 4 is 53.3 Å². The van der Waals surface area contributed by atoms with E-state index in [1.807, 2.05) is 78.9 Å². The third-order valence-corrected chi connectivity index (χ3v) is 17.5. The minimum Gasteiger partial charge on any atom is -0.493 e. The second-order valence-corrected chi connectivity index (χ2v) is 23.7. The summed E-state index contributed by atoms with van der Waals surface area (Å²) < 4.78 is 8.56. The molecule has 2 N–H and O–H groups in total. The largest absolute Gasteiger partial charge is 0.493 e. The van der Waals surface area contributed by atoms with Gasteiger partial charge in [-0.25, -0.2) is 0 Å². The molecule has 11 rings (SSSR count). The summed E-state index contributed by atoms with van der Waals surface area (Å²) in [5.74, 6) is 4.91. The number of unbranched alkanes of at least 4 members (excludes halogenated alkanes) is 10. The quantitative estimate of drug-likeness (QED) is 0.0189. The number of nitrogens with one attached hydrogen (secondary N) is 1. The number of rotatable bonds is 30. The Bertz CT molecular complexity index is 3880. The van der Waals surface area contributed by atoms with Crippen LogP contribution in [0.15, 0.2) is 182 Å². The first-order chi connectivity index (χ1) is 44.9. The first-order valence-corrected chi connectivity index (χ1v) is 32.0. The topological polar surface area (TPSA) is 193 Å². The summed E-state index contributed by atoms with van der Waals surface area (Å²) >= 11 is 0. The number of amides is 7. The molecule has 0 fully saturated rings. The zero-order valence-corrected chi connectivity index (χ0v) is 51.5. The molecule has 4 heterocycles. The van der Waals surface area contributed by atoms with Crippen molar-refractivity contribution in [2.75, 3.05) is 31.6 Å². The maximum Gasteiger partial charge on any atom is 0.272 e. The standard InChI is InChI=1S/C77H73N5O10/c83-53-57-51-68(82(52-54-29-11-8-12-30-54)67(57)43-44-77(91,58-33-15-9-16-34-58)59-35-17-10-18-36-59)70(84)78-60-49-55(31-13-2-5-26-46-80-73(87)63-39-21-22-40-64(63)74(80)88)69(92-48-28-7-1-4-25-45-79-71(85)61-37-19-20-38-62(61)72(79)86)56(50-60)32-14-3-6-27-47-81-75(89)65-41-23-24-42-66(65)76(81)90/h8-12,15-24,29-30,33-42,49-51,53,91H,1-7,13-14,25-28,31-32,45-48,52H2,(H,78,84). The van der Waals surface area contributed by atoms with E-state index >= 15 is 4.79 Å². The molecule has 92 heavy (non-hydrogen) atoms. The highest BCUT2D eigenvalue weighted by Crippen LogP contribution is 2.35. The minimum absolute atomic E-state index is 0.168. The van der Waals surface area contributed by atoms with Gasteiger partial charge in [-0.1, -0.05) is 178 Å². The third kappa shape index (κ3) is 14.0. The molecule has 0 unspecified atom stereocenters. The number of aryl methyl sites for hydroxylation is 2. The van der Waals surface area contributed by atoms with E-state index in [0.29, 0.717) is 115 Å². The molecule has 8 aromatic rings. The zero-order chi connectivity index (χ0) is 64.0. The lowest BCUT2D eigenvalue weighted by molar-refractivity contribution is 0.0636. The highest BCUT2D eigenvalue weighted by Gasteiger charge is 2.37. The van der Waals surface area contributed by atoms with Crippen molar-refractivity contribution in [2.45, 2.75) is 108 Å². The average Bonchev–Trinajstić information content (AvgIpc) is 1.47. The number of aldehydes is 1. The molecule has 0 radical (unpaired) electrons. The normalized spacial score (nSPS) is 13.3. The lowest BCUT2D eigenvalue weighted by Crippen LogP contribution is -2.30. The van der Waals surface area contributed by atoms with Crippen molar-refractivity contribution in [3.05, 3.63) is 260 Å². The van der Waals surface area contributed by atoms with E-state index in [4.69, 9.17) is 4.74 Å². The van der Waals surface area contributed by atoms with Gasteiger partial charge >= 0.3 is 0 Å². The van der Waals surface area contributed by atoms with Crippen molar-refractivity contribution in [2.24, 2.45) is 0 Å². The molecule has 0 spiro atoms. The maximum absolute atomic E-state index is 15.1. The molecule has 0 bridgehead atoms. The van der Waals surface area contributed by atoms with E-state index in [1.54, 1.807) is 102 Å². The number of nitrogens with zero attached hydrogens (tertiary/aromatic N) is 4. The smallest absolute Gasteiger partial charge is 0.272 e. The Balaban J connectivity index is 0.847. The third-order valence-electron chi connectivity index (χ3n) is 17.5. The summed E-state index contributed by atoms with van der Waals surface area (Å²) in [5, 5.41) is 15.7. The van der Waals surface area contributed by atoms with Crippen molar-refractivity contribution in [1.29, 1.82) is 0 Å². The molecule has 466 valence electrons. The summed E-state index contributed by atoms with van der Waals surface area (Å²) in [6, 6.07) is 53.8. The highest BCUT2D eigenvalue weighted by atomic mass is 16.5. The zero-order valence-electron chi connectivity index (χ0n) is 51.5. The molecule has 1 aromatic heterocycles. The molecule has 0 saturated heterocycles. The number of carbonyl (C=O) groups is 8. The van der Waals surface area contributed by atoms with Gasteiger partial charge in [-0.2, -0.15) is 0 Å². The van der Waals surface area contributed by atoms with Crippen molar-refractivity contribution in [3.63, 3.8) is 0 Å². The summed E-state index contributed by atoms with van der Waals surface area (Å²) in [6.45, 7) is 1.54. The van der Waals surface area contributed by atoms with Gasteiger partial charge in [-0.05, 0) is 129 Å². The molecule has 0 atom stereocenters. The summed E-state index contributed by atoms with van der Waals surface area (Å²) in [7, 11) is 0. The van der Waals surface area contributed by atoms with Gasteiger partial charge in [0.2, 0.25) is 0 Å². The monoisotopic (exact) mass is 1230 g/mol. The Hall–Kier alpha value is -10.3. The number of aromatic nitrogens is 1. The van der Waals surface area contributed by atoms with Gasteiger partial charge in [0.05, 0.1) is 40.0 Å².